The summed E-state index contributed by atoms with van der Waals surface area (Å²) in [6, 6.07) is 0.321. The van der Waals surface area contributed by atoms with E-state index in [9.17, 15) is 9.59 Å². The highest BCUT2D eigenvalue weighted by molar-refractivity contribution is 14.0. The van der Waals surface area contributed by atoms with Gasteiger partial charge in [0, 0.05) is 46.8 Å². The number of piperidine rings is 1. The molecule has 1 saturated heterocycles. The summed E-state index contributed by atoms with van der Waals surface area (Å²) < 4.78 is 0. The molecule has 0 radical (unpaired) electrons. The summed E-state index contributed by atoms with van der Waals surface area (Å²) in [5, 5.41) is 9.40. The molecule has 1 aliphatic heterocycles. The van der Waals surface area contributed by atoms with Crippen molar-refractivity contribution in [2.45, 2.75) is 39.7 Å². The lowest BCUT2D eigenvalue weighted by molar-refractivity contribution is -0.130. The third kappa shape index (κ3) is 9.09. The fourth-order valence-corrected chi connectivity index (χ4v) is 2.77. The number of amides is 2. The largest absolute Gasteiger partial charge is 0.359 e. The van der Waals surface area contributed by atoms with E-state index in [4.69, 9.17) is 0 Å². The quantitative estimate of drug-likeness (QED) is 0.271. The summed E-state index contributed by atoms with van der Waals surface area (Å²) in [5.41, 5.74) is -0.549. The Balaban J connectivity index is 0.00000676. The van der Waals surface area contributed by atoms with Crippen molar-refractivity contribution >= 4 is 41.8 Å². The van der Waals surface area contributed by atoms with Gasteiger partial charge >= 0.3 is 0 Å². The molecule has 3 N–H and O–H groups in total. The van der Waals surface area contributed by atoms with Crippen LogP contribution in [-0.2, 0) is 9.59 Å². The fourth-order valence-electron chi connectivity index (χ4n) is 2.77. The molecule has 0 bridgehead atoms. The molecule has 8 nitrogen and oxygen atoms in total. The van der Waals surface area contributed by atoms with Gasteiger partial charge < -0.3 is 20.9 Å². The number of hydrogen-bond donors (Lipinski definition) is 3. The highest BCUT2D eigenvalue weighted by Crippen LogP contribution is 2.15. The molecule has 1 aliphatic rings. The average Bonchev–Trinajstić information content (AvgIpc) is 2.60. The van der Waals surface area contributed by atoms with Gasteiger partial charge in [-0.15, -0.1) is 24.0 Å². The molecule has 0 saturated carbocycles. The highest BCUT2D eigenvalue weighted by atomic mass is 127. The molecule has 0 atom stereocenters. The van der Waals surface area contributed by atoms with Crippen LogP contribution in [0.15, 0.2) is 4.99 Å². The van der Waals surface area contributed by atoms with Crippen LogP contribution in [0.3, 0.4) is 0 Å². The molecule has 9 heteroatoms. The van der Waals surface area contributed by atoms with Crippen molar-refractivity contribution < 1.29 is 9.59 Å². The van der Waals surface area contributed by atoms with E-state index in [0.717, 1.165) is 38.4 Å². The van der Waals surface area contributed by atoms with Crippen LogP contribution >= 0.6 is 24.0 Å². The molecule has 0 spiro atoms. The van der Waals surface area contributed by atoms with Crippen LogP contribution in [0, 0.1) is 5.41 Å². The number of likely N-dealkylation sites (tertiary alicyclic amines) is 1. The molecule has 27 heavy (non-hydrogen) atoms. The summed E-state index contributed by atoms with van der Waals surface area (Å²) in [7, 11) is 5.22. The van der Waals surface area contributed by atoms with Crippen molar-refractivity contribution in [1.29, 1.82) is 0 Å². The topological polar surface area (TPSA) is 89.1 Å². The van der Waals surface area contributed by atoms with Crippen LogP contribution in [0.1, 0.15) is 33.6 Å². The van der Waals surface area contributed by atoms with Crippen molar-refractivity contribution in [2.24, 2.45) is 10.4 Å². The number of halogens is 1. The average molecular weight is 496 g/mol. The standard InChI is InChI=1S/C18H36N6O2.HI/c1-7-20-17(21-13-18(2,3)16(26)19-4)22-14-8-10-24(11-9-14)12-15(25)23(5)6;/h14H,7-13H2,1-6H3,(H,19,26)(H2,20,21,22);1H. The lowest BCUT2D eigenvalue weighted by Gasteiger charge is -2.33. The first-order valence-corrected chi connectivity index (χ1v) is 9.39. The summed E-state index contributed by atoms with van der Waals surface area (Å²) >= 11 is 0. The predicted molar refractivity (Wildman–Crippen MR) is 121 cm³/mol. The Hall–Kier alpha value is -1.10. The summed E-state index contributed by atoms with van der Waals surface area (Å²) in [6.45, 7) is 9.24. The zero-order valence-corrected chi connectivity index (χ0v) is 19.9. The van der Waals surface area contributed by atoms with Gasteiger partial charge in [-0.25, -0.2) is 0 Å². The number of carbonyl (C=O) groups excluding carboxylic acids is 2. The first kappa shape index (κ1) is 25.9. The molecule has 0 aromatic rings. The molecular formula is C18H37IN6O2. The van der Waals surface area contributed by atoms with E-state index >= 15 is 0 Å². The van der Waals surface area contributed by atoms with E-state index in [1.807, 2.05) is 20.8 Å². The van der Waals surface area contributed by atoms with Crippen molar-refractivity contribution in [3.63, 3.8) is 0 Å². The second-order valence-corrected chi connectivity index (χ2v) is 7.64. The highest BCUT2D eigenvalue weighted by Gasteiger charge is 2.27. The van der Waals surface area contributed by atoms with Gasteiger partial charge in [0.05, 0.1) is 18.5 Å². The predicted octanol–water partition coefficient (Wildman–Crippen LogP) is 0.484. The van der Waals surface area contributed by atoms with Gasteiger partial charge in [0.2, 0.25) is 11.8 Å². The third-order valence-corrected chi connectivity index (χ3v) is 4.60. The number of hydrogen-bond acceptors (Lipinski definition) is 4. The second kappa shape index (κ2) is 12.4. The van der Waals surface area contributed by atoms with E-state index in [0.29, 0.717) is 19.1 Å². The molecule has 158 valence electrons. The lowest BCUT2D eigenvalue weighted by atomic mass is 9.93. The Morgan fingerprint density at radius 2 is 1.81 bits per heavy atom. The minimum atomic E-state index is -0.549. The maximum absolute atomic E-state index is 11.9. The van der Waals surface area contributed by atoms with Crippen LogP contribution in [0.25, 0.3) is 0 Å². The van der Waals surface area contributed by atoms with Crippen LogP contribution < -0.4 is 16.0 Å². The zero-order chi connectivity index (χ0) is 19.7. The summed E-state index contributed by atoms with van der Waals surface area (Å²) in [6.07, 6.45) is 1.92. The van der Waals surface area contributed by atoms with Gasteiger partial charge in [0.25, 0.3) is 0 Å². The summed E-state index contributed by atoms with van der Waals surface area (Å²) in [5.74, 6) is 0.867. The Morgan fingerprint density at radius 3 is 2.30 bits per heavy atom. The Bertz CT molecular complexity index is 502. The molecular weight excluding hydrogens is 459 g/mol. The van der Waals surface area contributed by atoms with E-state index in [1.54, 1.807) is 26.0 Å². The maximum Gasteiger partial charge on any atom is 0.236 e. The molecule has 0 aromatic heterocycles. The first-order chi connectivity index (χ1) is 12.2. The molecule has 2 amide bonds. The maximum atomic E-state index is 11.9. The second-order valence-electron chi connectivity index (χ2n) is 7.64. The van der Waals surface area contributed by atoms with Gasteiger partial charge in [-0.1, -0.05) is 0 Å². The van der Waals surface area contributed by atoms with Crippen molar-refractivity contribution in [2.75, 3.05) is 53.9 Å². The van der Waals surface area contributed by atoms with E-state index in [-0.39, 0.29) is 35.8 Å². The van der Waals surface area contributed by atoms with Crippen molar-refractivity contribution in [3.8, 4) is 0 Å². The molecule has 0 aliphatic carbocycles. The molecule has 1 fully saturated rings. The Kier molecular flexibility index (Phi) is 11.9. The third-order valence-electron chi connectivity index (χ3n) is 4.60. The van der Waals surface area contributed by atoms with Crippen LogP contribution in [0.2, 0.25) is 0 Å². The van der Waals surface area contributed by atoms with Crippen LogP contribution in [0.4, 0.5) is 0 Å². The van der Waals surface area contributed by atoms with Gasteiger partial charge in [0.1, 0.15) is 0 Å². The smallest absolute Gasteiger partial charge is 0.236 e. The van der Waals surface area contributed by atoms with Gasteiger partial charge in [0.15, 0.2) is 5.96 Å². The van der Waals surface area contributed by atoms with E-state index in [2.05, 4.69) is 25.8 Å². The number of aliphatic imine (C=N–C) groups is 1. The number of nitrogens with one attached hydrogen (secondary N) is 3. The number of carbonyl (C=O) groups is 2. The Morgan fingerprint density at radius 1 is 1.22 bits per heavy atom. The van der Waals surface area contributed by atoms with E-state index in [1.165, 1.54) is 0 Å². The van der Waals surface area contributed by atoms with Gasteiger partial charge in [-0.2, -0.15) is 0 Å². The molecule has 1 rings (SSSR count). The number of nitrogens with zero attached hydrogens (tertiary/aromatic N) is 3. The van der Waals surface area contributed by atoms with Crippen LogP contribution in [0.5, 0.6) is 0 Å². The van der Waals surface area contributed by atoms with Crippen LogP contribution in [-0.4, -0.2) is 87.5 Å². The minimum absolute atomic E-state index is 0. The van der Waals surface area contributed by atoms with E-state index < -0.39 is 5.41 Å². The summed E-state index contributed by atoms with van der Waals surface area (Å²) in [4.78, 5) is 32.2. The number of likely N-dealkylation sites (N-methyl/N-ethyl adjacent to an activating group) is 1. The molecule has 0 unspecified atom stereocenters. The van der Waals surface area contributed by atoms with Crippen molar-refractivity contribution in [3.05, 3.63) is 0 Å². The fraction of sp³-hybridized carbons (Fsp3) is 0.833. The SMILES string of the molecule is CCNC(=NCC(C)(C)C(=O)NC)NC1CCN(CC(=O)N(C)C)CC1.I. The first-order valence-electron chi connectivity index (χ1n) is 9.39. The zero-order valence-electron chi connectivity index (χ0n) is 17.6. The van der Waals surface area contributed by atoms with Gasteiger partial charge in [-0.3, -0.25) is 19.5 Å². The molecule has 0 aromatic carbocycles. The molecule has 1 heterocycles. The lowest BCUT2D eigenvalue weighted by Crippen LogP contribution is -2.50. The number of rotatable bonds is 7. The van der Waals surface area contributed by atoms with Gasteiger partial charge in [-0.05, 0) is 33.6 Å². The Labute approximate surface area is 180 Å². The monoisotopic (exact) mass is 496 g/mol. The minimum Gasteiger partial charge on any atom is -0.359 e. The number of guanidine groups is 1. The normalized spacial score (nSPS) is 16.3. The van der Waals surface area contributed by atoms with Crippen molar-refractivity contribution in [1.82, 2.24) is 25.8 Å².